The van der Waals surface area contributed by atoms with Crippen LogP contribution in [-0.2, 0) is 12.8 Å². The van der Waals surface area contributed by atoms with Crippen LogP contribution in [0.3, 0.4) is 0 Å². The van der Waals surface area contributed by atoms with E-state index in [1.807, 2.05) is 0 Å². The van der Waals surface area contributed by atoms with Gasteiger partial charge in [0.05, 0.1) is 0 Å². The maximum atomic E-state index is 14.8. The van der Waals surface area contributed by atoms with Gasteiger partial charge in [-0.2, -0.15) is 0 Å². The molecule has 2 heterocycles. The molecular weight excluding hydrogens is 697 g/mol. The Kier molecular flexibility index (Phi) is 12.2. The van der Waals surface area contributed by atoms with Gasteiger partial charge in [-0.25, -0.2) is 0 Å². The fourth-order valence-corrected chi connectivity index (χ4v) is 11.0. The Morgan fingerprint density at radius 3 is 1.56 bits per heavy atom. The Hall–Kier alpha value is -3.60. The van der Waals surface area contributed by atoms with Gasteiger partial charge < -0.3 is 0 Å². The molecule has 0 radical (unpaired) electrons. The molecule has 0 saturated carbocycles. The summed E-state index contributed by atoms with van der Waals surface area (Å²) in [6.07, 6.45) is 16.6. The van der Waals surface area contributed by atoms with Gasteiger partial charge in [-0.15, -0.1) is 22.7 Å². The number of hydrogen-bond acceptors (Lipinski definition) is 4. The minimum atomic E-state index is 0.138. The number of thiophene rings is 2. The van der Waals surface area contributed by atoms with Crippen molar-refractivity contribution < 1.29 is 0 Å². The van der Waals surface area contributed by atoms with Gasteiger partial charge in [0.25, 0.3) is 0 Å². The fraction of sp³-hybridized carbons (Fsp3) is 0.440. The van der Waals surface area contributed by atoms with E-state index in [1.54, 1.807) is 22.7 Å². The molecule has 7 aromatic rings. The van der Waals surface area contributed by atoms with Crippen molar-refractivity contribution in [3.63, 3.8) is 0 Å². The summed E-state index contributed by atoms with van der Waals surface area (Å²) in [5.74, 6) is 1.06. The molecule has 0 saturated heterocycles. The van der Waals surface area contributed by atoms with Gasteiger partial charge in [0.15, 0.2) is 10.9 Å². The van der Waals surface area contributed by atoms with Crippen LogP contribution in [0.1, 0.15) is 126 Å². The van der Waals surface area contributed by atoms with E-state index in [0.29, 0.717) is 11.8 Å². The van der Waals surface area contributed by atoms with Crippen LogP contribution in [0.15, 0.2) is 70.3 Å². The van der Waals surface area contributed by atoms with E-state index in [-0.39, 0.29) is 10.9 Å². The Morgan fingerprint density at radius 1 is 0.500 bits per heavy atom. The molecule has 54 heavy (non-hydrogen) atoms. The standard InChI is InChI=1S/C50H58O2S2/c1-7-11-13-15-17-33(9-3)27-39-37-22-21-35-29-42(44-25-19-31(5)53-44)50(52)46(35)48(37)40(28-34(10-4)18-16-14-12-8-2)36-23-24-38-41(47(36)39)30-43(49(38)51)45-26-20-32(6)54-45/h19-26,29-30,33-34H,7-18,27-28H2,1-6H3. The number of hydrogen-bond donors (Lipinski definition) is 0. The topological polar surface area (TPSA) is 34.1 Å². The van der Waals surface area contributed by atoms with Gasteiger partial charge >= 0.3 is 0 Å². The lowest BCUT2D eigenvalue weighted by molar-refractivity contribution is 0.440. The van der Waals surface area contributed by atoms with Crippen LogP contribution in [-0.4, -0.2) is 0 Å². The summed E-state index contributed by atoms with van der Waals surface area (Å²) in [5, 5.41) is 8.77. The molecule has 2 unspecified atom stereocenters. The van der Waals surface area contributed by atoms with Gasteiger partial charge in [-0.1, -0.05) is 123 Å². The highest BCUT2D eigenvalue weighted by atomic mass is 32.1. The van der Waals surface area contributed by atoms with Gasteiger partial charge in [-0.3, -0.25) is 9.59 Å². The molecule has 5 aromatic carbocycles. The third kappa shape index (κ3) is 7.50. The number of benzene rings is 3. The average Bonchev–Trinajstić information content (AvgIpc) is 3.96. The van der Waals surface area contributed by atoms with E-state index in [9.17, 15) is 9.59 Å². The van der Waals surface area contributed by atoms with E-state index in [4.69, 9.17) is 0 Å². The summed E-state index contributed by atoms with van der Waals surface area (Å²) in [5.41, 5.74) is 4.60. The van der Waals surface area contributed by atoms with Crippen LogP contribution in [0.2, 0.25) is 0 Å². The maximum Gasteiger partial charge on any atom is 0.195 e. The highest BCUT2D eigenvalue weighted by Gasteiger charge is 2.26. The normalized spacial score (nSPS) is 13.3. The zero-order valence-electron chi connectivity index (χ0n) is 33.5. The monoisotopic (exact) mass is 754 g/mol. The SMILES string of the molecule is CCCCCCC(CC)Cc1c2ccc3cc(-c4ccc(C)s4)c(=O)c3c2c(CC(CC)CCCCCC)c2ccc3c(=O)c(-c4ccc(C)s4)cc3c12. The zero-order chi connectivity index (χ0) is 37.9. The van der Waals surface area contributed by atoms with Crippen molar-refractivity contribution in [2.45, 2.75) is 131 Å². The first-order valence-electron chi connectivity index (χ1n) is 21.0. The number of aryl methyl sites for hydroxylation is 2. The summed E-state index contributed by atoms with van der Waals surface area (Å²) in [7, 11) is 0. The third-order valence-electron chi connectivity index (χ3n) is 12.4. The van der Waals surface area contributed by atoms with Crippen molar-refractivity contribution in [1.82, 2.24) is 0 Å². The number of fused-ring (bicyclic) bond motifs is 6. The lowest BCUT2D eigenvalue weighted by Gasteiger charge is -2.24. The molecule has 0 amide bonds. The molecule has 7 rings (SSSR count). The van der Waals surface area contributed by atoms with Crippen LogP contribution < -0.4 is 10.9 Å². The van der Waals surface area contributed by atoms with Crippen LogP contribution >= 0.6 is 22.7 Å². The summed E-state index contributed by atoms with van der Waals surface area (Å²) >= 11 is 3.42. The summed E-state index contributed by atoms with van der Waals surface area (Å²) in [6, 6.07) is 21.8. The first-order valence-corrected chi connectivity index (χ1v) is 22.6. The minimum Gasteiger partial charge on any atom is -0.289 e. The van der Waals surface area contributed by atoms with Gasteiger partial charge in [0, 0.05) is 41.4 Å². The lowest BCUT2D eigenvalue weighted by atomic mass is 9.80. The molecule has 0 aliphatic heterocycles. The van der Waals surface area contributed by atoms with E-state index < -0.39 is 0 Å². The van der Waals surface area contributed by atoms with Gasteiger partial charge in [0.1, 0.15) is 0 Å². The smallest absolute Gasteiger partial charge is 0.195 e. The van der Waals surface area contributed by atoms with Crippen molar-refractivity contribution >= 4 is 65.8 Å². The van der Waals surface area contributed by atoms with E-state index in [1.165, 1.54) is 107 Å². The number of rotatable bonds is 18. The van der Waals surface area contributed by atoms with Crippen LogP contribution in [0.25, 0.3) is 64.0 Å². The summed E-state index contributed by atoms with van der Waals surface area (Å²) in [6.45, 7) is 13.5. The van der Waals surface area contributed by atoms with Crippen molar-refractivity contribution in [1.29, 1.82) is 0 Å². The Bertz CT molecular complexity index is 2480. The second-order valence-electron chi connectivity index (χ2n) is 16.1. The predicted molar refractivity (Wildman–Crippen MR) is 240 cm³/mol. The first kappa shape index (κ1) is 38.7. The second kappa shape index (κ2) is 17.0. The molecule has 0 fully saturated rings. The quantitative estimate of drug-likeness (QED) is 0.0646. The molecule has 4 heteroatoms. The van der Waals surface area contributed by atoms with E-state index in [2.05, 4.69) is 102 Å². The van der Waals surface area contributed by atoms with Crippen molar-refractivity contribution in [2.75, 3.05) is 0 Å². The second-order valence-corrected chi connectivity index (χ2v) is 18.7. The molecule has 0 spiro atoms. The van der Waals surface area contributed by atoms with Crippen LogP contribution in [0.4, 0.5) is 0 Å². The van der Waals surface area contributed by atoms with Gasteiger partial charge in [0.2, 0.25) is 0 Å². The first-order chi connectivity index (χ1) is 26.3. The molecule has 2 aromatic heterocycles. The highest BCUT2D eigenvalue weighted by molar-refractivity contribution is 7.15. The molecule has 2 nitrogen and oxygen atoms in total. The number of unbranched alkanes of at least 4 members (excludes halogenated alkanes) is 6. The summed E-state index contributed by atoms with van der Waals surface area (Å²) in [4.78, 5) is 33.6. The Balaban J connectivity index is 1.55. The average molecular weight is 755 g/mol. The van der Waals surface area contributed by atoms with Crippen molar-refractivity contribution in [2.24, 2.45) is 11.8 Å². The summed E-state index contributed by atoms with van der Waals surface area (Å²) < 4.78 is 0. The fourth-order valence-electron chi connectivity index (χ4n) is 9.22. The lowest BCUT2D eigenvalue weighted by Crippen LogP contribution is -2.10. The van der Waals surface area contributed by atoms with Gasteiger partial charge in [-0.05, 0) is 124 Å². The highest BCUT2D eigenvalue weighted by Crippen LogP contribution is 2.44. The van der Waals surface area contributed by atoms with E-state index >= 15 is 0 Å². The van der Waals surface area contributed by atoms with Crippen molar-refractivity contribution in [3.8, 4) is 20.9 Å². The largest absolute Gasteiger partial charge is 0.289 e. The molecule has 0 bridgehead atoms. The molecule has 0 aliphatic carbocycles. The minimum absolute atomic E-state index is 0.138. The Morgan fingerprint density at radius 2 is 1.02 bits per heavy atom. The maximum absolute atomic E-state index is 14.8. The Labute approximate surface area is 330 Å². The predicted octanol–water partition coefficient (Wildman–Crippen LogP) is 15.0. The van der Waals surface area contributed by atoms with Crippen molar-refractivity contribution in [3.05, 3.63) is 102 Å². The molecular formula is C50H58O2S2. The molecule has 0 N–H and O–H groups in total. The molecule has 0 aliphatic rings. The zero-order valence-corrected chi connectivity index (χ0v) is 35.1. The van der Waals surface area contributed by atoms with Crippen LogP contribution in [0, 0.1) is 25.7 Å². The van der Waals surface area contributed by atoms with E-state index in [0.717, 1.165) is 68.1 Å². The van der Waals surface area contributed by atoms with Crippen LogP contribution in [0.5, 0.6) is 0 Å². The molecule has 2 atom stereocenters. The molecule has 282 valence electrons. The third-order valence-corrected chi connectivity index (χ3v) is 14.4.